The summed E-state index contributed by atoms with van der Waals surface area (Å²) in [5.41, 5.74) is -0.0288. The first kappa shape index (κ1) is 20.7. The number of nitrogens with one attached hydrogen (secondary N) is 2. The molecule has 0 unspecified atom stereocenters. The number of oxazole rings is 1. The third-order valence-electron chi connectivity index (χ3n) is 4.54. The topological polar surface area (TPSA) is 68.9 Å². The minimum absolute atomic E-state index is 0.0288. The van der Waals surface area contributed by atoms with Crippen molar-refractivity contribution in [2.75, 3.05) is 52.9 Å². The molecule has 2 N–H and O–H groups in total. The number of aromatic nitrogens is 1. The lowest BCUT2D eigenvalue weighted by molar-refractivity contribution is 0.280. The van der Waals surface area contributed by atoms with Crippen molar-refractivity contribution in [1.29, 1.82) is 0 Å². The van der Waals surface area contributed by atoms with E-state index in [2.05, 4.69) is 65.2 Å². The van der Waals surface area contributed by atoms with Crippen LogP contribution in [0.4, 0.5) is 0 Å². The molecule has 0 bridgehead atoms. The number of guanidine groups is 1. The first-order chi connectivity index (χ1) is 12.4. The summed E-state index contributed by atoms with van der Waals surface area (Å²) in [6.07, 6.45) is 3.05. The van der Waals surface area contributed by atoms with Crippen molar-refractivity contribution >= 4 is 5.96 Å². The molecule has 0 saturated carbocycles. The van der Waals surface area contributed by atoms with E-state index in [0.29, 0.717) is 12.4 Å². The summed E-state index contributed by atoms with van der Waals surface area (Å²) in [5.74, 6) is 2.37. The zero-order valence-electron chi connectivity index (χ0n) is 17.1. The monoisotopic (exact) mass is 364 g/mol. The molecule has 1 aromatic heterocycles. The molecule has 7 heteroatoms. The van der Waals surface area contributed by atoms with E-state index < -0.39 is 0 Å². The van der Waals surface area contributed by atoms with Gasteiger partial charge in [-0.25, -0.2) is 9.98 Å². The molecule has 0 spiro atoms. The zero-order valence-corrected chi connectivity index (χ0v) is 17.1. The van der Waals surface area contributed by atoms with Gasteiger partial charge in [-0.3, -0.25) is 0 Å². The van der Waals surface area contributed by atoms with Gasteiger partial charge in [-0.05, 0) is 33.5 Å². The number of hydrogen-bond acceptors (Lipinski definition) is 5. The summed E-state index contributed by atoms with van der Waals surface area (Å²) in [5, 5.41) is 6.71. The summed E-state index contributed by atoms with van der Waals surface area (Å²) >= 11 is 0. The predicted molar refractivity (Wildman–Crippen MR) is 107 cm³/mol. The molecule has 1 aliphatic heterocycles. The average molecular weight is 365 g/mol. The molecule has 2 heterocycles. The van der Waals surface area contributed by atoms with Crippen LogP contribution in [-0.2, 0) is 12.0 Å². The van der Waals surface area contributed by atoms with Crippen LogP contribution in [0.1, 0.15) is 45.8 Å². The van der Waals surface area contributed by atoms with Crippen LogP contribution in [0.25, 0.3) is 0 Å². The highest BCUT2D eigenvalue weighted by atomic mass is 16.4. The van der Waals surface area contributed by atoms with Gasteiger partial charge in [0.05, 0.1) is 6.20 Å². The number of rotatable bonds is 6. The van der Waals surface area contributed by atoms with Crippen molar-refractivity contribution in [3.05, 3.63) is 17.8 Å². The Morgan fingerprint density at radius 1 is 1.23 bits per heavy atom. The van der Waals surface area contributed by atoms with Gasteiger partial charge in [-0.15, -0.1) is 0 Å². The standard InChI is InChI=1S/C19H36N6O/c1-6-20-18(21-8-11-25-10-7-9-24(5)12-13-25)23-15-17-22-14-16(26-17)19(2,3)4/h14H,6-13,15H2,1-5H3,(H2,20,21,23). The Morgan fingerprint density at radius 2 is 2.04 bits per heavy atom. The molecular formula is C19H36N6O. The predicted octanol–water partition coefficient (Wildman–Crippen LogP) is 1.66. The lowest BCUT2D eigenvalue weighted by Crippen LogP contribution is -2.42. The summed E-state index contributed by atoms with van der Waals surface area (Å²) in [6.45, 7) is 16.3. The third-order valence-corrected chi connectivity index (χ3v) is 4.54. The van der Waals surface area contributed by atoms with Crippen molar-refractivity contribution in [3.63, 3.8) is 0 Å². The molecular weight excluding hydrogens is 328 g/mol. The minimum atomic E-state index is -0.0288. The quantitative estimate of drug-likeness (QED) is 0.591. The van der Waals surface area contributed by atoms with E-state index in [-0.39, 0.29) is 5.41 Å². The van der Waals surface area contributed by atoms with Gasteiger partial charge < -0.3 is 24.9 Å². The molecule has 7 nitrogen and oxygen atoms in total. The van der Waals surface area contributed by atoms with Gasteiger partial charge in [0.2, 0.25) is 5.89 Å². The maximum atomic E-state index is 5.81. The molecule has 0 amide bonds. The van der Waals surface area contributed by atoms with Crippen LogP contribution in [0.5, 0.6) is 0 Å². The second-order valence-corrected chi connectivity index (χ2v) is 7.99. The fraction of sp³-hybridized carbons (Fsp3) is 0.789. The maximum absolute atomic E-state index is 5.81. The van der Waals surface area contributed by atoms with Gasteiger partial charge in [0.25, 0.3) is 0 Å². The summed E-state index contributed by atoms with van der Waals surface area (Å²) in [6, 6.07) is 0. The lowest BCUT2D eigenvalue weighted by atomic mass is 9.94. The van der Waals surface area contributed by atoms with E-state index in [1.165, 1.54) is 19.5 Å². The van der Waals surface area contributed by atoms with E-state index in [0.717, 1.165) is 44.4 Å². The van der Waals surface area contributed by atoms with Crippen LogP contribution in [0.2, 0.25) is 0 Å². The molecule has 148 valence electrons. The smallest absolute Gasteiger partial charge is 0.216 e. The molecule has 0 aromatic carbocycles. The van der Waals surface area contributed by atoms with Gasteiger partial charge >= 0.3 is 0 Å². The van der Waals surface area contributed by atoms with Crippen molar-refractivity contribution in [2.45, 2.75) is 46.1 Å². The number of aliphatic imine (C=N–C) groups is 1. The maximum Gasteiger partial charge on any atom is 0.216 e. The number of likely N-dealkylation sites (N-methyl/N-ethyl adjacent to an activating group) is 1. The van der Waals surface area contributed by atoms with E-state index in [9.17, 15) is 0 Å². The highest BCUT2D eigenvalue weighted by Gasteiger charge is 2.19. The highest BCUT2D eigenvalue weighted by molar-refractivity contribution is 5.79. The third kappa shape index (κ3) is 6.96. The Labute approximate surface area is 158 Å². The van der Waals surface area contributed by atoms with Gasteiger partial charge in [0.15, 0.2) is 5.96 Å². The average Bonchev–Trinajstić information content (AvgIpc) is 2.97. The van der Waals surface area contributed by atoms with Gasteiger partial charge in [0, 0.05) is 38.1 Å². The normalized spacial score (nSPS) is 18.0. The first-order valence-corrected chi connectivity index (χ1v) is 9.76. The van der Waals surface area contributed by atoms with Crippen molar-refractivity contribution < 1.29 is 4.42 Å². The molecule has 0 aliphatic carbocycles. The molecule has 0 atom stereocenters. The van der Waals surface area contributed by atoms with E-state index >= 15 is 0 Å². The van der Waals surface area contributed by atoms with Crippen molar-refractivity contribution in [2.24, 2.45) is 4.99 Å². The second-order valence-electron chi connectivity index (χ2n) is 7.99. The van der Waals surface area contributed by atoms with Gasteiger partial charge in [0.1, 0.15) is 12.3 Å². The number of hydrogen-bond donors (Lipinski definition) is 2. The summed E-state index contributed by atoms with van der Waals surface area (Å²) in [4.78, 5) is 13.9. The van der Waals surface area contributed by atoms with E-state index in [1.54, 1.807) is 0 Å². The highest BCUT2D eigenvalue weighted by Crippen LogP contribution is 2.22. The van der Waals surface area contributed by atoms with Crippen LogP contribution in [0.3, 0.4) is 0 Å². The van der Waals surface area contributed by atoms with Crippen LogP contribution in [0.15, 0.2) is 15.6 Å². The second kappa shape index (κ2) is 9.92. The molecule has 1 aliphatic rings. The Balaban J connectivity index is 1.81. The van der Waals surface area contributed by atoms with Crippen LogP contribution < -0.4 is 10.6 Å². The molecule has 1 aromatic rings. The minimum Gasteiger partial charge on any atom is -0.443 e. The Bertz CT molecular complexity index is 563. The van der Waals surface area contributed by atoms with E-state index in [4.69, 9.17) is 4.42 Å². The van der Waals surface area contributed by atoms with Gasteiger partial charge in [-0.1, -0.05) is 20.8 Å². The number of nitrogens with zero attached hydrogens (tertiary/aromatic N) is 4. The fourth-order valence-electron chi connectivity index (χ4n) is 2.87. The summed E-state index contributed by atoms with van der Waals surface area (Å²) in [7, 11) is 2.20. The van der Waals surface area contributed by atoms with Crippen LogP contribution in [0, 0.1) is 0 Å². The van der Waals surface area contributed by atoms with E-state index in [1.807, 2.05) is 6.20 Å². The first-order valence-electron chi connectivity index (χ1n) is 9.76. The Morgan fingerprint density at radius 3 is 2.73 bits per heavy atom. The van der Waals surface area contributed by atoms with Crippen LogP contribution in [-0.4, -0.2) is 73.6 Å². The molecule has 1 fully saturated rings. The van der Waals surface area contributed by atoms with Gasteiger partial charge in [-0.2, -0.15) is 0 Å². The lowest BCUT2D eigenvalue weighted by Gasteiger charge is -2.21. The van der Waals surface area contributed by atoms with Crippen molar-refractivity contribution in [1.82, 2.24) is 25.4 Å². The Kier molecular flexibility index (Phi) is 7.90. The van der Waals surface area contributed by atoms with Crippen LogP contribution >= 0.6 is 0 Å². The molecule has 26 heavy (non-hydrogen) atoms. The fourth-order valence-corrected chi connectivity index (χ4v) is 2.87. The molecule has 1 saturated heterocycles. The Hall–Kier alpha value is -1.60. The largest absolute Gasteiger partial charge is 0.443 e. The molecule has 2 rings (SSSR count). The molecule has 0 radical (unpaired) electrons. The SMILES string of the molecule is CCNC(=NCc1ncc(C(C)(C)C)o1)NCCN1CCCN(C)CC1. The summed E-state index contributed by atoms with van der Waals surface area (Å²) < 4.78 is 5.81. The zero-order chi connectivity index (χ0) is 19.0. The van der Waals surface area contributed by atoms with Crippen molar-refractivity contribution in [3.8, 4) is 0 Å².